The van der Waals surface area contributed by atoms with Crippen molar-refractivity contribution in [3.05, 3.63) is 23.8 Å². The molecule has 1 aliphatic heterocycles. The van der Waals surface area contributed by atoms with Crippen LogP contribution in [0.4, 0.5) is 5.69 Å². The van der Waals surface area contributed by atoms with Crippen molar-refractivity contribution < 1.29 is 9.47 Å². The molecule has 0 unspecified atom stereocenters. The van der Waals surface area contributed by atoms with Crippen LogP contribution in [0.1, 0.15) is 31.7 Å². The molecule has 3 heteroatoms. The van der Waals surface area contributed by atoms with Crippen molar-refractivity contribution in [2.24, 2.45) is 5.92 Å². The van der Waals surface area contributed by atoms with Crippen LogP contribution in [0.2, 0.25) is 0 Å². The van der Waals surface area contributed by atoms with Crippen LogP contribution in [-0.2, 0) is 4.74 Å². The van der Waals surface area contributed by atoms with Crippen LogP contribution in [0.5, 0.6) is 5.75 Å². The molecule has 0 spiro atoms. The first-order valence-electron chi connectivity index (χ1n) is 7.34. The molecule has 3 nitrogen and oxygen atoms in total. The Morgan fingerprint density at radius 1 is 1.32 bits per heavy atom. The summed E-state index contributed by atoms with van der Waals surface area (Å²) in [5.41, 5.74) is 2.35. The van der Waals surface area contributed by atoms with Gasteiger partial charge in [-0.2, -0.15) is 0 Å². The molecular formula is C16H25NO2. The Morgan fingerprint density at radius 3 is 2.84 bits per heavy atom. The molecule has 106 valence electrons. The zero-order valence-electron chi connectivity index (χ0n) is 12.1. The monoisotopic (exact) mass is 263 g/mol. The lowest BCUT2D eigenvalue weighted by atomic mass is 10.0. The Bertz CT molecular complexity index is 386. The van der Waals surface area contributed by atoms with Gasteiger partial charge in [0.25, 0.3) is 0 Å². The van der Waals surface area contributed by atoms with E-state index >= 15 is 0 Å². The number of hydrogen-bond acceptors (Lipinski definition) is 3. The fourth-order valence-electron chi connectivity index (χ4n) is 2.31. The van der Waals surface area contributed by atoms with E-state index in [1.54, 1.807) is 0 Å². The third-order valence-electron chi connectivity index (χ3n) is 3.52. The van der Waals surface area contributed by atoms with E-state index in [1.165, 1.54) is 5.56 Å². The predicted octanol–water partition coefficient (Wildman–Crippen LogP) is 3.62. The summed E-state index contributed by atoms with van der Waals surface area (Å²) in [5, 5.41) is 3.54. The van der Waals surface area contributed by atoms with E-state index in [0.29, 0.717) is 5.92 Å². The number of ether oxygens (including phenoxy) is 2. The number of aryl methyl sites for hydroxylation is 1. The molecule has 0 bridgehead atoms. The van der Waals surface area contributed by atoms with Gasteiger partial charge in [0.15, 0.2) is 0 Å². The van der Waals surface area contributed by atoms with E-state index in [4.69, 9.17) is 9.47 Å². The quantitative estimate of drug-likeness (QED) is 0.850. The van der Waals surface area contributed by atoms with E-state index < -0.39 is 0 Å². The van der Waals surface area contributed by atoms with Crippen molar-refractivity contribution in [2.75, 3.05) is 31.7 Å². The molecule has 19 heavy (non-hydrogen) atoms. The van der Waals surface area contributed by atoms with E-state index in [1.807, 2.05) is 0 Å². The Kier molecular flexibility index (Phi) is 5.52. The maximum Gasteiger partial charge on any atom is 0.142 e. The minimum absolute atomic E-state index is 0.717. The molecule has 1 aliphatic rings. The maximum atomic E-state index is 5.82. The van der Waals surface area contributed by atoms with Crippen LogP contribution >= 0.6 is 0 Å². The molecule has 1 heterocycles. The minimum atomic E-state index is 0.717. The maximum absolute atomic E-state index is 5.82. The summed E-state index contributed by atoms with van der Waals surface area (Å²) in [7, 11) is 0. The molecule has 0 amide bonds. The number of anilines is 1. The zero-order chi connectivity index (χ0) is 13.5. The fourth-order valence-corrected chi connectivity index (χ4v) is 2.31. The Labute approximate surface area is 116 Å². The molecule has 0 atom stereocenters. The molecule has 0 saturated carbocycles. The highest BCUT2D eigenvalue weighted by Crippen LogP contribution is 2.27. The molecule has 0 aromatic heterocycles. The molecule has 0 aliphatic carbocycles. The third kappa shape index (κ3) is 4.43. The molecule has 1 saturated heterocycles. The van der Waals surface area contributed by atoms with Gasteiger partial charge in [-0.25, -0.2) is 0 Å². The van der Waals surface area contributed by atoms with Crippen molar-refractivity contribution in [1.29, 1.82) is 0 Å². The van der Waals surface area contributed by atoms with Crippen molar-refractivity contribution in [1.82, 2.24) is 0 Å². The summed E-state index contributed by atoms with van der Waals surface area (Å²) in [6.45, 7) is 7.81. The first-order valence-corrected chi connectivity index (χ1v) is 7.34. The molecule has 1 fully saturated rings. The standard InChI is InChI=1S/C16H25NO2/c1-3-8-19-16-11-13(2)4-5-15(16)17-12-14-6-9-18-10-7-14/h4-5,11,14,17H,3,6-10,12H2,1-2H3. The third-order valence-corrected chi connectivity index (χ3v) is 3.52. The molecule has 1 aromatic rings. The van der Waals surface area contributed by atoms with Crippen molar-refractivity contribution in [3.63, 3.8) is 0 Å². The SMILES string of the molecule is CCCOc1cc(C)ccc1NCC1CCOCC1. The topological polar surface area (TPSA) is 30.5 Å². The second-order valence-electron chi connectivity index (χ2n) is 5.28. The highest BCUT2D eigenvalue weighted by Gasteiger charge is 2.14. The Balaban J connectivity index is 1.93. The first-order chi connectivity index (χ1) is 9.29. The average Bonchev–Trinajstić information content (AvgIpc) is 2.45. The summed E-state index contributed by atoms with van der Waals surface area (Å²) in [4.78, 5) is 0. The van der Waals surface area contributed by atoms with Crippen LogP contribution in [0.3, 0.4) is 0 Å². The molecule has 1 aromatic carbocycles. The van der Waals surface area contributed by atoms with Crippen molar-refractivity contribution in [2.45, 2.75) is 33.1 Å². The molecule has 1 N–H and O–H groups in total. The van der Waals surface area contributed by atoms with Crippen LogP contribution in [0.25, 0.3) is 0 Å². The van der Waals surface area contributed by atoms with Gasteiger partial charge in [0.2, 0.25) is 0 Å². The van der Waals surface area contributed by atoms with Gasteiger partial charge in [0.05, 0.1) is 12.3 Å². The normalized spacial score (nSPS) is 16.3. The number of benzene rings is 1. The van der Waals surface area contributed by atoms with Crippen molar-refractivity contribution in [3.8, 4) is 5.75 Å². The molecular weight excluding hydrogens is 238 g/mol. The van der Waals surface area contributed by atoms with Crippen LogP contribution in [0.15, 0.2) is 18.2 Å². The number of hydrogen-bond donors (Lipinski definition) is 1. The summed E-state index contributed by atoms with van der Waals surface area (Å²) in [6, 6.07) is 6.37. The Hall–Kier alpha value is -1.22. The smallest absolute Gasteiger partial charge is 0.142 e. The van der Waals surface area contributed by atoms with E-state index in [0.717, 1.165) is 57.1 Å². The van der Waals surface area contributed by atoms with Gasteiger partial charge in [-0.05, 0) is 49.8 Å². The average molecular weight is 263 g/mol. The van der Waals surface area contributed by atoms with Gasteiger partial charge in [-0.3, -0.25) is 0 Å². The summed E-state index contributed by atoms with van der Waals surface area (Å²) in [5.74, 6) is 1.70. The minimum Gasteiger partial charge on any atom is -0.491 e. The fraction of sp³-hybridized carbons (Fsp3) is 0.625. The summed E-state index contributed by atoms with van der Waals surface area (Å²) in [6.07, 6.45) is 3.35. The molecule has 0 radical (unpaired) electrons. The lowest BCUT2D eigenvalue weighted by molar-refractivity contribution is 0.0699. The molecule has 2 rings (SSSR count). The zero-order valence-corrected chi connectivity index (χ0v) is 12.1. The van der Waals surface area contributed by atoms with E-state index in [2.05, 4.69) is 37.4 Å². The largest absolute Gasteiger partial charge is 0.491 e. The summed E-state index contributed by atoms with van der Waals surface area (Å²) >= 11 is 0. The van der Waals surface area contributed by atoms with E-state index in [-0.39, 0.29) is 0 Å². The lowest BCUT2D eigenvalue weighted by Crippen LogP contribution is -2.22. The van der Waals surface area contributed by atoms with Crippen LogP contribution in [0, 0.1) is 12.8 Å². The highest BCUT2D eigenvalue weighted by atomic mass is 16.5. The van der Waals surface area contributed by atoms with Gasteiger partial charge in [-0.15, -0.1) is 0 Å². The van der Waals surface area contributed by atoms with Crippen molar-refractivity contribution >= 4 is 5.69 Å². The second kappa shape index (κ2) is 7.39. The number of nitrogens with one attached hydrogen (secondary N) is 1. The summed E-state index contributed by atoms with van der Waals surface area (Å²) < 4.78 is 11.2. The predicted molar refractivity (Wildman–Crippen MR) is 79.0 cm³/mol. The Morgan fingerprint density at radius 2 is 2.11 bits per heavy atom. The van der Waals surface area contributed by atoms with Gasteiger partial charge >= 0.3 is 0 Å². The van der Waals surface area contributed by atoms with Gasteiger partial charge in [0.1, 0.15) is 5.75 Å². The second-order valence-corrected chi connectivity index (χ2v) is 5.28. The lowest BCUT2D eigenvalue weighted by Gasteiger charge is -2.23. The number of rotatable bonds is 6. The highest BCUT2D eigenvalue weighted by molar-refractivity contribution is 5.57. The van der Waals surface area contributed by atoms with Crippen LogP contribution in [-0.4, -0.2) is 26.4 Å². The van der Waals surface area contributed by atoms with Gasteiger partial charge in [0, 0.05) is 19.8 Å². The van der Waals surface area contributed by atoms with E-state index in [9.17, 15) is 0 Å². The van der Waals surface area contributed by atoms with Crippen LogP contribution < -0.4 is 10.1 Å². The van der Waals surface area contributed by atoms with Gasteiger partial charge < -0.3 is 14.8 Å². The van der Waals surface area contributed by atoms with Gasteiger partial charge in [-0.1, -0.05) is 13.0 Å². The first kappa shape index (κ1) is 14.2.